The van der Waals surface area contributed by atoms with Gasteiger partial charge in [0, 0.05) is 21.5 Å². The first-order valence-corrected chi connectivity index (χ1v) is 9.85. The van der Waals surface area contributed by atoms with Gasteiger partial charge in [0.1, 0.15) is 16.9 Å². The lowest BCUT2D eigenvalue weighted by atomic mass is 10.2. The SMILES string of the molecule is O=C(Nc1c(C(=O)Nc2ccc(Cl)cc2)oc2ccccc12)c1cc2ccccc2o1. The Balaban J connectivity index is 1.50. The lowest BCUT2D eigenvalue weighted by Crippen LogP contribution is -2.16. The van der Waals surface area contributed by atoms with E-state index in [1.54, 1.807) is 60.7 Å². The summed E-state index contributed by atoms with van der Waals surface area (Å²) in [6.45, 7) is 0. The van der Waals surface area contributed by atoms with Crippen LogP contribution in [0.1, 0.15) is 21.1 Å². The Kier molecular flexibility index (Phi) is 4.69. The molecule has 152 valence electrons. The van der Waals surface area contributed by atoms with E-state index in [2.05, 4.69) is 10.6 Å². The maximum atomic E-state index is 12.9. The van der Waals surface area contributed by atoms with E-state index in [4.69, 9.17) is 20.4 Å². The van der Waals surface area contributed by atoms with Crippen molar-refractivity contribution in [3.05, 3.63) is 95.4 Å². The third kappa shape index (κ3) is 3.65. The number of hydrogen-bond acceptors (Lipinski definition) is 4. The molecule has 0 fully saturated rings. The molecule has 0 saturated carbocycles. The van der Waals surface area contributed by atoms with Crippen LogP contribution in [0.4, 0.5) is 11.4 Å². The first kappa shape index (κ1) is 19.0. The smallest absolute Gasteiger partial charge is 0.293 e. The summed E-state index contributed by atoms with van der Waals surface area (Å²) in [5.41, 5.74) is 1.89. The van der Waals surface area contributed by atoms with Crippen LogP contribution in [0, 0.1) is 0 Å². The van der Waals surface area contributed by atoms with Crippen molar-refractivity contribution in [3.8, 4) is 0 Å². The highest BCUT2D eigenvalue weighted by Crippen LogP contribution is 2.32. The molecule has 0 atom stereocenters. The van der Waals surface area contributed by atoms with E-state index >= 15 is 0 Å². The van der Waals surface area contributed by atoms with Gasteiger partial charge in [-0.05, 0) is 48.5 Å². The highest BCUT2D eigenvalue weighted by atomic mass is 35.5. The van der Waals surface area contributed by atoms with E-state index in [1.807, 2.05) is 18.2 Å². The van der Waals surface area contributed by atoms with Gasteiger partial charge < -0.3 is 19.5 Å². The van der Waals surface area contributed by atoms with E-state index in [9.17, 15) is 9.59 Å². The number of para-hydroxylation sites is 2. The summed E-state index contributed by atoms with van der Waals surface area (Å²) in [5, 5.41) is 7.50. The number of carbonyl (C=O) groups excluding carboxylic acids is 2. The molecule has 0 bridgehead atoms. The largest absolute Gasteiger partial charge is 0.451 e. The second-order valence-corrected chi connectivity index (χ2v) is 7.30. The first-order chi connectivity index (χ1) is 15.1. The predicted octanol–water partition coefficient (Wildman–Crippen LogP) is 6.34. The van der Waals surface area contributed by atoms with Crippen LogP contribution in [0.25, 0.3) is 21.9 Å². The quantitative estimate of drug-likeness (QED) is 0.348. The van der Waals surface area contributed by atoms with Crippen molar-refractivity contribution >= 4 is 56.7 Å². The second kappa shape index (κ2) is 7.66. The first-order valence-electron chi connectivity index (χ1n) is 9.47. The van der Waals surface area contributed by atoms with Crippen molar-refractivity contribution in [1.29, 1.82) is 0 Å². The zero-order valence-electron chi connectivity index (χ0n) is 16.0. The van der Waals surface area contributed by atoms with Crippen LogP contribution < -0.4 is 10.6 Å². The van der Waals surface area contributed by atoms with Gasteiger partial charge in [0.2, 0.25) is 5.76 Å². The summed E-state index contributed by atoms with van der Waals surface area (Å²) in [5.74, 6) is -0.863. The molecule has 0 saturated heterocycles. The van der Waals surface area contributed by atoms with Crippen molar-refractivity contribution in [2.75, 3.05) is 10.6 Å². The molecule has 0 radical (unpaired) electrons. The second-order valence-electron chi connectivity index (χ2n) is 6.87. The topological polar surface area (TPSA) is 84.5 Å². The van der Waals surface area contributed by atoms with Gasteiger partial charge in [0.15, 0.2) is 5.76 Å². The number of anilines is 2. The van der Waals surface area contributed by atoms with E-state index in [0.29, 0.717) is 27.3 Å². The molecule has 6 nitrogen and oxygen atoms in total. The monoisotopic (exact) mass is 430 g/mol. The van der Waals surface area contributed by atoms with Crippen LogP contribution in [-0.4, -0.2) is 11.8 Å². The van der Waals surface area contributed by atoms with Crippen LogP contribution in [0.5, 0.6) is 0 Å². The summed E-state index contributed by atoms with van der Waals surface area (Å²) in [4.78, 5) is 25.8. The van der Waals surface area contributed by atoms with Crippen molar-refractivity contribution in [3.63, 3.8) is 0 Å². The summed E-state index contributed by atoms with van der Waals surface area (Å²) >= 11 is 5.90. The molecule has 5 rings (SSSR count). The minimum atomic E-state index is -0.501. The maximum Gasteiger partial charge on any atom is 0.293 e. The molecular weight excluding hydrogens is 416 g/mol. The number of rotatable bonds is 4. The van der Waals surface area contributed by atoms with Crippen molar-refractivity contribution in [2.45, 2.75) is 0 Å². The summed E-state index contributed by atoms with van der Waals surface area (Å²) < 4.78 is 11.4. The van der Waals surface area contributed by atoms with Crippen LogP contribution in [-0.2, 0) is 0 Å². The Hall–Kier alpha value is -4.03. The number of halogens is 1. The van der Waals surface area contributed by atoms with Crippen molar-refractivity contribution in [2.24, 2.45) is 0 Å². The summed E-state index contributed by atoms with van der Waals surface area (Å²) in [6, 6.07) is 22.8. The number of hydrogen-bond donors (Lipinski definition) is 2. The molecule has 2 amide bonds. The Labute approximate surface area is 181 Å². The molecule has 0 unspecified atom stereocenters. The normalized spacial score (nSPS) is 11.0. The molecule has 5 aromatic rings. The van der Waals surface area contributed by atoms with E-state index < -0.39 is 11.8 Å². The minimum Gasteiger partial charge on any atom is -0.451 e. The highest BCUT2D eigenvalue weighted by molar-refractivity contribution is 6.30. The number of carbonyl (C=O) groups is 2. The van der Waals surface area contributed by atoms with Crippen LogP contribution >= 0.6 is 11.6 Å². The number of furan rings is 2. The fourth-order valence-electron chi connectivity index (χ4n) is 3.32. The molecular formula is C24H15ClN2O4. The zero-order valence-corrected chi connectivity index (χ0v) is 16.8. The fourth-order valence-corrected chi connectivity index (χ4v) is 3.45. The average molecular weight is 431 g/mol. The third-order valence-electron chi connectivity index (χ3n) is 4.79. The van der Waals surface area contributed by atoms with Gasteiger partial charge in [-0.2, -0.15) is 0 Å². The number of benzene rings is 3. The lowest BCUT2D eigenvalue weighted by molar-refractivity contribution is 0.0997. The van der Waals surface area contributed by atoms with Gasteiger partial charge in [-0.15, -0.1) is 0 Å². The molecule has 2 aromatic heterocycles. The van der Waals surface area contributed by atoms with Gasteiger partial charge in [-0.1, -0.05) is 41.9 Å². The summed E-state index contributed by atoms with van der Waals surface area (Å²) in [7, 11) is 0. The van der Waals surface area contributed by atoms with Gasteiger partial charge in [-0.25, -0.2) is 0 Å². The minimum absolute atomic E-state index is 0.0133. The molecule has 0 spiro atoms. The molecule has 3 aromatic carbocycles. The third-order valence-corrected chi connectivity index (χ3v) is 5.04. The Morgan fingerprint density at radius 1 is 0.742 bits per heavy atom. The molecule has 2 heterocycles. The molecule has 0 aliphatic rings. The fraction of sp³-hybridized carbons (Fsp3) is 0. The molecule has 31 heavy (non-hydrogen) atoms. The van der Waals surface area contributed by atoms with Crippen LogP contribution in [0.3, 0.4) is 0 Å². The van der Waals surface area contributed by atoms with Crippen LogP contribution in [0.2, 0.25) is 5.02 Å². The van der Waals surface area contributed by atoms with Gasteiger partial charge in [0.05, 0.1) is 0 Å². The maximum absolute atomic E-state index is 12.9. The van der Waals surface area contributed by atoms with Gasteiger partial charge in [-0.3, -0.25) is 9.59 Å². The van der Waals surface area contributed by atoms with Gasteiger partial charge in [0.25, 0.3) is 11.8 Å². The van der Waals surface area contributed by atoms with E-state index in [1.165, 1.54) is 0 Å². The Morgan fingerprint density at radius 2 is 1.45 bits per heavy atom. The molecule has 0 aliphatic carbocycles. The predicted molar refractivity (Wildman–Crippen MR) is 120 cm³/mol. The van der Waals surface area contributed by atoms with E-state index in [-0.39, 0.29) is 17.2 Å². The molecule has 7 heteroatoms. The molecule has 2 N–H and O–H groups in total. The zero-order chi connectivity index (χ0) is 21.4. The van der Waals surface area contributed by atoms with Crippen LogP contribution in [0.15, 0.2) is 87.7 Å². The molecule has 0 aliphatic heterocycles. The lowest BCUT2D eigenvalue weighted by Gasteiger charge is -2.06. The average Bonchev–Trinajstić information content (AvgIpc) is 3.37. The van der Waals surface area contributed by atoms with E-state index in [0.717, 1.165) is 5.39 Å². The Morgan fingerprint density at radius 3 is 2.23 bits per heavy atom. The van der Waals surface area contributed by atoms with Crippen molar-refractivity contribution in [1.82, 2.24) is 0 Å². The Bertz CT molecular complexity index is 1400. The van der Waals surface area contributed by atoms with Crippen molar-refractivity contribution < 1.29 is 18.4 Å². The highest BCUT2D eigenvalue weighted by Gasteiger charge is 2.24. The number of fused-ring (bicyclic) bond motifs is 2. The standard InChI is InChI=1S/C24H15ClN2O4/c25-15-9-11-16(12-10-15)26-24(29)22-21(17-6-2-4-8-19(17)31-22)27-23(28)20-13-14-5-1-3-7-18(14)30-20/h1-13H,(H,26,29)(H,27,28). The van der Waals surface area contributed by atoms with Gasteiger partial charge >= 0.3 is 0 Å². The number of amides is 2. The number of nitrogens with one attached hydrogen (secondary N) is 2. The summed E-state index contributed by atoms with van der Waals surface area (Å²) in [6.07, 6.45) is 0.